The van der Waals surface area contributed by atoms with E-state index in [2.05, 4.69) is 10.2 Å². The molecule has 1 aliphatic carbocycles. The minimum absolute atomic E-state index is 0.246. The van der Waals surface area contributed by atoms with Crippen molar-refractivity contribution < 1.29 is 14.3 Å². The minimum Gasteiger partial charge on any atom is -0.477 e. The molecular weight excluding hydrogens is 349 g/mol. The van der Waals surface area contributed by atoms with Gasteiger partial charge in [0.05, 0.1) is 17.4 Å². The maximum absolute atomic E-state index is 15.1. The molecule has 0 radical (unpaired) electrons. The van der Waals surface area contributed by atoms with Crippen molar-refractivity contribution in [2.75, 3.05) is 24.5 Å². The van der Waals surface area contributed by atoms with E-state index in [9.17, 15) is 14.7 Å². The molecular formula is C20H22FN3O3. The van der Waals surface area contributed by atoms with Crippen LogP contribution in [0.2, 0.25) is 0 Å². The number of anilines is 1. The highest BCUT2D eigenvalue weighted by atomic mass is 19.1. The second-order valence-electron chi connectivity index (χ2n) is 8.08. The maximum atomic E-state index is 15.1. The highest BCUT2D eigenvalue weighted by Gasteiger charge is 2.38. The van der Waals surface area contributed by atoms with Crippen molar-refractivity contribution in [2.24, 2.45) is 5.92 Å². The van der Waals surface area contributed by atoms with Gasteiger partial charge < -0.3 is 15.3 Å². The Labute approximate surface area is 155 Å². The van der Waals surface area contributed by atoms with E-state index in [1.54, 1.807) is 0 Å². The van der Waals surface area contributed by atoms with E-state index in [1.165, 1.54) is 16.7 Å². The fraction of sp³-hybridized carbons (Fsp3) is 0.500. The van der Waals surface area contributed by atoms with Crippen molar-refractivity contribution in [3.63, 3.8) is 0 Å². The van der Waals surface area contributed by atoms with Crippen molar-refractivity contribution in [1.29, 1.82) is 0 Å². The summed E-state index contributed by atoms with van der Waals surface area (Å²) >= 11 is 0. The quantitative estimate of drug-likeness (QED) is 0.865. The molecule has 0 spiro atoms. The largest absolute Gasteiger partial charge is 0.477 e. The van der Waals surface area contributed by atoms with Crippen LogP contribution in [0.1, 0.15) is 46.7 Å². The fourth-order valence-electron chi connectivity index (χ4n) is 4.92. The number of hydrogen-bond acceptors (Lipinski definition) is 4. The van der Waals surface area contributed by atoms with Crippen LogP contribution in [0.5, 0.6) is 0 Å². The Bertz CT molecular complexity index is 1020. The van der Waals surface area contributed by atoms with E-state index in [4.69, 9.17) is 0 Å². The van der Waals surface area contributed by atoms with Gasteiger partial charge in [0.1, 0.15) is 5.56 Å². The number of aromatic nitrogens is 1. The van der Waals surface area contributed by atoms with Crippen LogP contribution in [0.4, 0.5) is 10.1 Å². The van der Waals surface area contributed by atoms with E-state index in [-0.39, 0.29) is 11.5 Å². The summed E-state index contributed by atoms with van der Waals surface area (Å²) < 4.78 is 16.3. The Hall–Kier alpha value is -2.41. The number of carboxylic acids is 1. The second kappa shape index (κ2) is 5.79. The van der Waals surface area contributed by atoms with Gasteiger partial charge in [-0.05, 0) is 61.8 Å². The third-order valence-corrected chi connectivity index (χ3v) is 6.37. The molecule has 2 aromatic heterocycles. The van der Waals surface area contributed by atoms with Gasteiger partial charge in [0.25, 0.3) is 5.56 Å². The first kappa shape index (κ1) is 16.7. The first-order valence-electron chi connectivity index (χ1n) is 9.55. The van der Waals surface area contributed by atoms with E-state index < -0.39 is 17.3 Å². The smallest absolute Gasteiger partial charge is 0.341 e. The second-order valence-corrected chi connectivity index (χ2v) is 8.08. The van der Waals surface area contributed by atoms with Gasteiger partial charge in [-0.2, -0.15) is 0 Å². The van der Waals surface area contributed by atoms with Gasteiger partial charge in [-0.3, -0.25) is 9.20 Å². The van der Waals surface area contributed by atoms with Gasteiger partial charge in [-0.1, -0.05) is 0 Å². The Kier molecular flexibility index (Phi) is 3.59. The van der Waals surface area contributed by atoms with Crippen molar-refractivity contribution in [3.05, 3.63) is 45.1 Å². The molecule has 2 aromatic rings. The number of rotatable bonds is 3. The number of fused-ring (bicyclic) bond motifs is 2. The van der Waals surface area contributed by atoms with Crippen molar-refractivity contribution in [2.45, 2.75) is 38.1 Å². The van der Waals surface area contributed by atoms with E-state index >= 15 is 4.39 Å². The molecule has 27 heavy (non-hydrogen) atoms. The first-order valence-corrected chi connectivity index (χ1v) is 9.55. The molecule has 6 nitrogen and oxygen atoms in total. The monoisotopic (exact) mass is 371 g/mol. The molecule has 0 unspecified atom stereocenters. The number of nitrogens with zero attached hydrogens (tertiary/aromatic N) is 2. The molecule has 2 N–H and O–H groups in total. The molecule has 0 bridgehead atoms. The van der Waals surface area contributed by atoms with Gasteiger partial charge in [-0.15, -0.1) is 0 Å². The number of carboxylic acid groups (broad SMARTS) is 1. The zero-order valence-corrected chi connectivity index (χ0v) is 15.2. The lowest BCUT2D eigenvalue weighted by atomic mass is 10.0. The predicted molar refractivity (Wildman–Crippen MR) is 99.4 cm³/mol. The molecule has 7 heteroatoms. The van der Waals surface area contributed by atoms with Crippen molar-refractivity contribution in [3.8, 4) is 0 Å². The normalized spacial score (nSPS) is 24.6. The van der Waals surface area contributed by atoms with Crippen LogP contribution >= 0.6 is 0 Å². The number of halogens is 1. The Balaban J connectivity index is 1.73. The van der Waals surface area contributed by atoms with Crippen LogP contribution in [-0.4, -0.2) is 41.2 Å². The minimum atomic E-state index is -1.27. The van der Waals surface area contributed by atoms with Gasteiger partial charge in [-0.25, -0.2) is 9.18 Å². The van der Waals surface area contributed by atoms with E-state index in [1.807, 2.05) is 6.92 Å². The van der Waals surface area contributed by atoms with E-state index in [0.717, 1.165) is 50.0 Å². The average molecular weight is 371 g/mol. The lowest BCUT2D eigenvalue weighted by Crippen LogP contribution is -2.31. The predicted octanol–water partition coefficient (Wildman–Crippen LogP) is 2.12. The van der Waals surface area contributed by atoms with Gasteiger partial charge in [0, 0.05) is 19.1 Å². The molecule has 142 valence electrons. The molecule has 0 amide bonds. The van der Waals surface area contributed by atoms with Crippen molar-refractivity contribution >= 4 is 17.2 Å². The lowest BCUT2D eigenvalue weighted by molar-refractivity contribution is 0.0694. The molecule has 2 aliphatic heterocycles. The molecule has 1 saturated carbocycles. The highest BCUT2D eigenvalue weighted by Crippen LogP contribution is 2.44. The van der Waals surface area contributed by atoms with Crippen molar-refractivity contribution in [1.82, 2.24) is 9.72 Å². The third kappa shape index (κ3) is 2.48. The maximum Gasteiger partial charge on any atom is 0.341 e. The summed E-state index contributed by atoms with van der Waals surface area (Å²) in [5.41, 5.74) is 1.84. The SMILES string of the molecule is Cc1c(N2C[C@H]3CCN[C@H]3C2)c(F)cn2c(=O)c(C(=O)O)cc(C3CC3)c12. The summed E-state index contributed by atoms with van der Waals surface area (Å²) in [6, 6.07) is 1.90. The van der Waals surface area contributed by atoms with Gasteiger partial charge >= 0.3 is 5.97 Å². The van der Waals surface area contributed by atoms with Crippen LogP contribution in [0.25, 0.3) is 5.52 Å². The topological polar surface area (TPSA) is 74.0 Å². The number of pyridine rings is 2. The highest BCUT2D eigenvalue weighted by molar-refractivity contribution is 5.89. The first-order chi connectivity index (χ1) is 13.0. The Morgan fingerprint density at radius 2 is 2.07 bits per heavy atom. The summed E-state index contributed by atoms with van der Waals surface area (Å²) in [6.45, 7) is 4.43. The van der Waals surface area contributed by atoms with Crippen LogP contribution in [-0.2, 0) is 0 Å². The molecule has 5 rings (SSSR count). The summed E-state index contributed by atoms with van der Waals surface area (Å²) in [7, 11) is 0. The Morgan fingerprint density at radius 3 is 2.74 bits per heavy atom. The number of aryl methyl sites for hydroxylation is 1. The molecule has 3 fully saturated rings. The molecule has 3 aliphatic rings. The zero-order chi connectivity index (χ0) is 18.9. The Morgan fingerprint density at radius 1 is 1.30 bits per heavy atom. The van der Waals surface area contributed by atoms with Gasteiger partial charge in [0.15, 0.2) is 5.82 Å². The number of carbonyl (C=O) groups is 1. The molecule has 2 atom stereocenters. The molecule has 2 saturated heterocycles. The third-order valence-electron chi connectivity index (χ3n) is 6.37. The summed E-state index contributed by atoms with van der Waals surface area (Å²) in [5.74, 6) is -0.960. The fourth-order valence-corrected chi connectivity index (χ4v) is 4.92. The number of nitrogens with one attached hydrogen (secondary N) is 1. The summed E-state index contributed by atoms with van der Waals surface area (Å²) in [6.07, 6.45) is 4.22. The zero-order valence-electron chi connectivity index (χ0n) is 15.2. The standard InChI is InChI=1S/C20H22FN3O3/c1-10-17-13(11-2-3-11)6-14(20(26)27)19(25)24(17)8-15(21)18(10)23-7-12-4-5-22-16(12)9-23/h6,8,11-12,16,22H,2-5,7,9H2,1H3,(H,26,27)/t12-,16+/m1/s1. The van der Waals surface area contributed by atoms with Crippen LogP contribution in [0.3, 0.4) is 0 Å². The summed E-state index contributed by atoms with van der Waals surface area (Å²) in [5, 5.41) is 12.9. The van der Waals surface area contributed by atoms with Crippen LogP contribution in [0.15, 0.2) is 17.1 Å². The van der Waals surface area contributed by atoms with E-state index in [0.29, 0.717) is 23.2 Å². The number of hydrogen-bond donors (Lipinski definition) is 2. The molecule has 0 aromatic carbocycles. The van der Waals surface area contributed by atoms with Crippen LogP contribution < -0.4 is 15.8 Å². The molecule has 4 heterocycles. The van der Waals surface area contributed by atoms with Crippen LogP contribution in [0, 0.1) is 18.7 Å². The lowest BCUT2D eigenvalue weighted by Gasteiger charge is -2.24. The van der Waals surface area contributed by atoms with Gasteiger partial charge in [0.2, 0.25) is 0 Å². The number of aromatic carboxylic acids is 1. The average Bonchev–Trinajstić information content (AvgIpc) is 3.24. The summed E-state index contributed by atoms with van der Waals surface area (Å²) in [4.78, 5) is 26.2.